The Morgan fingerprint density at radius 1 is 0.225 bits per heavy atom. The molecule has 0 fully saturated rings. The molecule has 8 heteroatoms. The van der Waals surface area contributed by atoms with Crippen molar-refractivity contribution in [1.82, 2.24) is 0 Å². The van der Waals surface area contributed by atoms with Gasteiger partial charge in [-0.2, -0.15) is 0 Å². The van der Waals surface area contributed by atoms with Crippen LogP contribution in [-0.2, 0) is 0 Å². The van der Waals surface area contributed by atoms with E-state index in [0.29, 0.717) is 5.92 Å². The first kappa shape index (κ1) is 67.8. The molecule has 111 heavy (non-hydrogen) atoms. The lowest BCUT2D eigenvalue weighted by Gasteiger charge is -2.33. The fourth-order valence-electron chi connectivity index (χ4n) is 15.8. The first-order valence-electron chi connectivity index (χ1n) is 37.9. The molecule has 1 aliphatic rings. The summed E-state index contributed by atoms with van der Waals surface area (Å²) >= 11 is 3.71. The Morgan fingerprint density at radius 3 is 0.946 bits per heavy atom. The van der Waals surface area contributed by atoms with Crippen molar-refractivity contribution in [2.24, 2.45) is 5.92 Å². The molecular weight excluding hydrogens is 1390 g/mol. The fraction of sp³-hybridized carbons (Fsp3) is 0.0291. The molecule has 0 spiro atoms. The van der Waals surface area contributed by atoms with Crippen molar-refractivity contribution in [3.8, 4) is 22.3 Å². The lowest BCUT2D eigenvalue weighted by atomic mass is 9.96. The maximum atomic E-state index is 2.44. The van der Waals surface area contributed by atoms with E-state index in [1.165, 1.54) is 57.2 Å². The average molecular weight is 1460 g/mol. The van der Waals surface area contributed by atoms with Crippen LogP contribution in [0.4, 0.5) is 96.7 Å². The van der Waals surface area contributed by atoms with E-state index in [1.807, 2.05) is 22.7 Å². The third-order valence-corrected chi connectivity index (χ3v) is 23.6. The summed E-state index contributed by atoms with van der Waals surface area (Å²) in [7, 11) is 0. The zero-order chi connectivity index (χ0) is 74.0. The third-order valence-electron chi connectivity index (χ3n) is 21.2. The monoisotopic (exact) mass is 1460 g/mol. The molecule has 0 bridgehead atoms. The van der Waals surface area contributed by atoms with Crippen molar-refractivity contribution in [1.29, 1.82) is 0 Å². The van der Waals surface area contributed by atoms with Crippen LogP contribution in [0.15, 0.2) is 430 Å². The Labute approximate surface area is 656 Å². The fourth-order valence-corrected chi connectivity index (χ4v) is 18.1. The summed E-state index contributed by atoms with van der Waals surface area (Å²) in [4.78, 5) is 14.2. The van der Waals surface area contributed by atoms with Gasteiger partial charge in [-0.1, -0.05) is 201 Å². The van der Waals surface area contributed by atoms with Gasteiger partial charge in [-0.25, -0.2) is 0 Å². The van der Waals surface area contributed by atoms with E-state index >= 15 is 0 Å². The average Bonchev–Trinajstić information content (AvgIpc) is 1.62. The highest BCUT2D eigenvalue weighted by Gasteiger charge is 2.26. The van der Waals surface area contributed by atoms with Crippen molar-refractivity contribution in [2.45, 2.75) is 13.3 Å². The smallest absolute Gasteiger partial charge is 0.0640 e. The van der Waals surface area contributed by atoms with E-state index in [9.17, 15) is 0 Å². The molecule has 2 heterocycles. The molecule has 1 unspecified atom stereocenters. The summed E-state index contributed by atoms with van der Waals surface area (Å²) in [5, 5.41) is 5.05. The van der Waals surface area contributed by atoms with Crippen LogP contribution in [0, 0.1) is 5.92 Å². The molecule has 1 aliphatic carbocycles. The van der Waals surface area contributed by atoms with Crippen LogP contribution < -0.4 is 29.4 Å². The Bertz CT molecular complexity index is 6260. The molecular formula is C103H76N6S2. The van der Waals surface area contributed by atoms with Crippen LogP contribution >= 0.6 is 22.7 Å². The van der Waals surface area contributed by atoms with E-state index < -0.39 is 0 Å². The predicted molar refractivity (Wildman–Crippen MR) is 476 cm³/mol. The quantitative estimate of drug-likeness (QED) is 0.0752. The summed E-state index contributed by atoms with van der Waals surface area (Å²) < 4.78 is 5.06. The molecule has 6 nitrogen and oxygen atoms in total. The lowest BCUT2D eigenvalue weighted by Crippen LogP contribution is -2.22. The Kier molecular flexibility index (Phi) is 18.4. The summed E-state index contributed by atoms with van der Waals surface area (Å²) in [5.41, 5.74) is 24.3. The van der Waals surface area contributed by atoms with Crippen LogP contribution in [0.3, 0.4) is 0 Å². The minimum Gasteiger partial charge on any atom is -0.314 e. The number of allylic oxidation sites excluding steroid dienone is 4. The predicted octanol–water partition coefficient (Wildman–Crippen LogP) is 30.7. The number of nitrogens with zero attached hydrogens (tertiary/aromatic N) is 6. The van der Waals surface area contributed by atoms with Gasteiger partial charge in [0, 0.05) is 138 Å². The second kappa shape index (κ2) is 30.1. The molecule has 0 N–H and O–H groups in total. The van der Waals surface area contributed by atoms with Gasteiger partial charge in [-0.3, -0.25) is 0 Å². The molecule has 0 saturated carbocycles. The van der Waals surface area contributed by atoms with Crippen LogP contribution in [-0.4, -0.2) is 0 Å². The first-order chi connectivity index (χ1) is 55.0. The van der Waals surface area contributed by atoms with Crippen molar-refractivity contribution >= 4 is 160 Å². The summed E-state index contributed by atoms with van der Waals surface area (Å²) in [6, 6.07) is 148. The van der Waals surface area contributed by atoms with Crippen molar-refractivity contribution < 1.29 is 0 Å². The molecule has 2 aromatic heterocycles. The standard InChI is InChI=1S/C103H76N6S2/c1-73-25-20-22-40-98(73)108(83-36-18-7-19-37-83)91-65-67-93(68-66-91)109(92-63-61-87(62-64-92)105(80-30-12-4-13-31-80)81-32-14-5-15-33-81)99-41-24-39-96-95-69-47-77(72-102(95)111-103(96)99)75-45-51-84(52-46-75)106(82-34-16-6-17-35-82)88-55-59-90(60-56-88)107(89-57-53-86(54-58-89)104(78-26-8-2-9-27-78)79-28-10-3-11-29-79)85-49-43-74(44-50-85)76-48-70-101-97(71-76)94-38-21-23-42-100(94)110-101/h2-24,26-73H,25H2,1H3. The minimum absolute atomic E-state index is 0.356. The van der Waals surface area contributed by atoms with Crippen molar-refractivity contribution in [3.63, 3.8) is 0 Å². The van der Waals surface area contributed by atoms with Crippen LogP contribution in [0.1, 0.15) is 13.3 Å². The van der Waals surface area contributed by atoms with Crippen LogP contribution in [0.25, 0.3) is 62.6 Å². The molecule has 1 atom stereocenters. The van der Waals surface area contributed by atoms with Crippen LogP contribution in [0.5, 0.6) is 0 Å². The number of hydrogen-bond donors (Lipinski definition) is 0. The minimum atomic E-state index is 0.356. The normalized spacial score (nSPS) is 12.6. The topological polar surface area (TPSA) is 19.4 Å². The Morgan fingerprint density at radius 2 is 0.532 bits per heavy atom. The Balaban J connectivity index is 0.656. The van der Waals surface area contributed by atoms with Gasteiger partial charge in [0.1, 0.15) is 0 Å². The number of rotatable bonds is 20. The summed E-state index contributed by atoms with van der Waals surface area (Å²) in [6.45, 7) is 2.32. The van der Waals surface area contributed by atoms with Gasteiger partial charge < -0.3 is 29.4 Å². The van der Waals surface area contributed by atoms with E-state index in [1.54, 1.807) is 0 Å². The van der Waals surface area contributed by atoms with Gasteiger partial charge >= 0.3 is 0 Å². The zero-order valence-electron chi connectivity index (χ0n) is 61.2. The third kappa shape index (κ3) is 13.4. The van der Waals surface area contributed by atoms with Gasteiger partial charge in [0.25, 0.3) is 0 Å². The highest BCUT2D eigenvalue weighted by molar-refractivity contribution is 7.26. The van der Waals surface area contributed by atoms with Crippen LogP contribution in [0.2, 0.25) is 0 Å². The first-order valence-corrected chi connectivity index (χ1v) is 39.6. The highest BCUT2D eigenvalue weighted by atomic mass is 32.1. The highest BCUT2D eigenvalue weighted by Crippen LogP contribution is 2.50. The van der Waals surface area contributed by atoms with Crippen molar-refractivity contribution in [2.75, 3.05) is 29.4 Å². The lowest BCUT2D eigenvalue weighted by molar-refractivity contribution is 0.670. The molecule has 0 radical (unpaired) electrons. The Hall–Kier alpha value is -13.8. The van der Waals surface area contributed by atoms with Crippen molar-refractivity contribution in [3.05, 3.63) is 430 Å². The van der Waals surface area contributed by atoms with Gasteiger partial charge in [0.2, 0.25) is 0 Å². The number of para-hydroxylation sites is 6. The van der Waals surface area contributed by atoms with E-state index in [0.717, 1.165) is 114 Å². The number of anilines is 17. The van der Waals surface area contributed by atoms with Gasteiger partial charge in [0.15, 0.2) is 0 Å². The molecule has 530 valence electrons. The molecule has 19 rings (SSSR count). The maximum Gasteiger partial charge on any atom is 0.0640 e. The molecule has 0 amide bonds. The summed E-state index contributed by atoms with van der Waals surface area (Å²) in [6.07, 6.45) is 7.74. The van der Waals surface area contributed by atoms with Gasteiger partial charge in [-0.15, -0.1) is 22.7 Å². The molecule has 16 aromatic carbocycles. The SMILES string of the molecule is CC1CC=CC=C1N(c1ccccc1)c1ccc(N(c2ccc(N(c3ccccc3)c3ccccc3)cc2)c2cccc3c2sc2cc(-c4ccc(N(c5ccccc5)c5ccc(N(c6ccc(-c7ccc8sc9ccccc9c8c7)cc6)c6ccc(N(c7ccccc7)c7ccccc7)cc6)cc5)cc4)ccc23)cc1. The summed E-state index contributed by atoms with van der Waals surface area (Å²) in [5.74, 6) is 0.356. The van der Waals surface area contributed by atoms with E-state index in [-0.39, 0.29) is 0 Å². The number of benzene rings is 16. The number of fused-ring (bicyclic) bond motifs is 6. The maximum absolute atomic E-state index is 2.44. The number of hydrogen-bond acceptors (Lipinski definition) is 8. The molecule has 18 aromatic rings. The molecule has 0 aliphatic heterocycles. The second-order valence-corrected chi connectivity index (χ2v) is 30.3. The zero-order valence-corrected chi connectivity index (χ0v) is 62.8. The van der Waals surface area contributed by atoms with E-state index in [4.69, 9.17) is 0 Å². The molecule has 0 saturated heterocycles. The van der Waals surface area contributed by atoms with Gasteiger partial charge in [-0.05, 0) is 259 Å². The largest absolute Gasteiger partial charge is 0.314 e. The van der Waals surface area contributed by atoms with E-state index in [2.05, 4.69) is 461 Å². The second-order valence-electron chi connectivity index (χ2n) is 28.1. The van der Waals surface area contributed by atoms with Gasteiger partial charge in [0.05, 0.1) is 10.4 Å². The number of thiophene rings is 2.